The molecule has 0 bridgehead atoms. The van der Waals surface area contributed by atoms with Crippen LogP contribution in [-0.2, 0) is 9.53 Å². The van der Waals surface area contributed by atoms with Crippen LogP contribution in [0.3, 0.4) is 0 Å². The number of likely N-dealkylation sites (tertiary alicyclic amines) is 1. The van der Waals surface area contributed by atoms with Gasteiger partial charge in [0.2, 0.25) is 17.3 Å². The van der Waals surface area contributed by atoms with Crippen LogP contribution in [-0.4, -0.2) is 76.5 Å². The van der Waals surface area contributed by atoms with E-state index < -0.39 is 11.4 Å². The zero-order chi connectivity index (χ0) is 28.9. The highest BCUT2D eigenvalue weighted by molar-refractivity contribution is 5.93. The van der Waals surface area contributed by atoms with E-state index in [1.165, 1.54) is 18.0 Å². The van der Waals surface area contributed by atoms with Crippen LogP contribution in [0.25, 0.3) is 16.7 Å². The number of anilines is 2. The first-order chi connectivity index (χ1) is 19.8. The molecule has 2 aromatic carbocycles. The average Bonchev–Trinajstić information content (AvgIpc) is 2.98. The molecule has 5 rings (SSSR count). The fourth-order valence-corrected chi connectivity index (χ4v) is 5.11. The Bertz CT molecular complexity index is 1590. The number of amides is 1. The molecule has 10 heteroatoms. The van der Waals surface area contributed by atoms with Crippen molar-refractivity contribution >= 4 is 34.5 Å². The van der Waals surface area contributed by atoms with Gasteiger partial charge in [0.15, 0.2) is 5.65 Å². The lowest BCUT2D eigenvalue weighted by Gasteiger charge is -2.33. The van der Waals surface area contributed by atoms with Crippen LogP contribution in [0.2, 0.25) is 0 Å². The molecule has 3 heterocycles. The van der Waals surface area contributed by atoms with Gasteiger partial charge in [-0.05, 0) is 69.6 Å². The Morgan fingerprint density at radius 2 is 1.76 bits per heavy atom. The summed E-state index contributed by atoms with van der Waals surface area (Å²) in [6.07, 6.45) is 4.78. The summed E-state index contributed by atoms with van der Waals surface area (Å²) in [7, 11) is 3.82. The second-order valence-corrected chi connectivity index (χ2v) is 10.4. The van der Waals surface area contributed by atoms with Gasteiger partial charge in [0.1, 0.15) is 5.56 Å². The number of piperidine rings is 1. The largest absolute Gasteiger partial charge is 0.462 e. The smallest absolute Gasteiger partial charge is 0.343 e. The van der Waals surface area contributed by atoms with Crippen LogP contribution in [0.15, 0.2) is 71.8 Å². The summed E-state index contributed by atoms with van der Waals surface area (Å²) in [5.41, 5.74) is 2.61. The summed E-state index contributed by atoms with van der Waals surface area (Å²) in [5, 5.41) is 3.45. The molecule has 0 radical (unpaired) electrons. The Morgan fingerprint density at radius 1 is 1.05 bits per heavy atom. The molecule has 1 amide bonds. The van der Waals surface area contributed by atoms with Gasteiger partial charge in [0.25, 0.3) is 0 Å². The second kappa shape index (κ2) is 12.3. The van der Waals surface area contributed by atoms with E-state index in [2.05, 4.69) is 27.4 Å². The lowest BCUT2D eigenvalue weighted by atomic mass is 9.89. The molecular formula is C31H34N6O4. The molecule has 10 nitrogen and oxygen atoms in total. The number of carbonyl (C=O) groups excluding carboxylic acids is 2. The van der Waals surface area contributed by atoms with Crippen LogP contribution in [0.4, 0.5) is 11.6 Å². The number of fused-ring (bicyclic) bond motifs is 1. The molecule has 41 heavy (non-hydrogen) atoms. The number of aromatic nitrogens is 3. The number of likely N-dealkylation sites (N-methyl/N-ethyl adjacent to an activating group) is 1. The lowest BCUT2D eigenvalue weighted by Crippen LogP contribution is -2.42. The Balaban J connectivity index is 1.36. The SMILES string of the molecule is CCOC(=O)c1cn(-c2ccccc2)c2nc(Nc3ccc(C4CCN(C(=O)CN(C)C)CC4)cc3)ncc2c1=O. The number of nitrogens with zero attached hydrogens (tertiary/aromatic N) is 5. The zero-order valence-electron chi connectivity index (χ0n) is 23.5. The number of para-hydroxylation sites is 1. The van der Waals surface area contributed by atoms with Crippen molar-refractivity contribution in [1.29, 1.82) is 0 Å². The highest BCUT2D eigenvalue weighted by Gasteiger charge is 2.24. The summed E-state index contributed by atoms with van der Waals surface area (Å²) >= 11 is 0. The molecule has 1 fully saturated rings. The second-order valence-electron chi connectivity index (χ2n) is 10.4. The topological polar surface area (TPSA) is 110 Å². The van der Waals surface area contributed by atoms with Gasteiger partial charge in [-0.15, -0.1) is 0 Å². The van der Waals surface area contributed by atoms with E-state index in [1.807, 2.05) is 66.4 Å². The summed E-state index contributed by atoms with van der Waals surface area (Å²) in [6, 6.07) is 17.5. The Labute approximate surface area is 238 Å². The predicted molar refractivity (Wildman–Crippen MR) is 158 cm³/mol. The van der Waals surface area contributed by atoms with Crippen molar-refractivity contribution in [3.8, 4) is 5.69 Å². The van der Waals surface area contributed by atoms with Crippen LogP contribution >= 0.6 is 0 Å². The minimum atomic E-state index is -0.683. The first-order valence-electron chi connectivity index (χ1n) is 13.8. The van der Waals surface area contributed by atoms with E-state index in [-0.39, 0.29) is 23.5 Å². The average molecular weight is 555 g/mol. The van der Waals surface area contributed by atoms with Crippen molar-refractivity contribution < 1.29 is 14.3 Å². The van der Waals surface area contributed by atoms with Gasteiger partial charge in [-0.2, -0.15) is 4.98 Å². The van der Waals surface area contributed by atoms with Gasteiger partial charge in [-0.1, -0.05) is 30.3 Å². The number of rotatable bonds is 8. The summed E-state index contributed by atoms with van der Waals surface area (Å²) < 4.78 is 6.81. The number of nitrogens with one attached hydrogen (secondary N) is 1. The zero-order valence-corrected chi connectivity index (χ0v) is 23.5. The number of hydrogen-bond acceptors (Lipinski definition) is 8. The molecule has 1 aliphatic heterocycles. The maximum atomic E-state index is 13.2. The highest BCUT2D eigenvalue weighted by Crippen LogP contribution is 2.29. The van der Waals surface area contributed by atoms with Crippen molar-refractivity contribution in [2.45, 2.75) is 25.7 Å². The Hall–Kier alpha value is -4.57. The maximum absolute atomic E-state index is 13.2. The van der Waals surface area contributed by atoms with Crippen LogP contribution < -0.4 is 10.7 Å². The van der Waals surface area contributed by atoms with Gasteiger partial charge in [-0.25, -0.2) is 9.78 Å². The van der Waals surface area contributed by atoms with Crippen LogP contribution in [0.1, 0.15) is 41.6 Å². The molecule has 212 valence electrons. The molecular weight excluding hydrogens is 520 g/mol. The van der Waals surface area contributed by atoms with Gasteiger partial charge < -0.3 is 24.4 Å². The molecule has 0 aliphatic carbocycles. The standard InChI is InChI=1S/C31H34N6O4/c1-4-41-30(40)26-19-37(24-8-6-5-7-9-24)29-25(28(26)39)18-32-31(34-29)33-23-12-10-21(11-13-23)22-14-16-36(17-15-22)27(38)20-35(2)3/h5-13,18-19,22H,4,14-17,20H2,1-3H3,(H,32,33,34). The molecule has 0 saturated carbocycles. The summed E-state index contributed by atoms with van der Waals surface area (Å²) in [4.78, 5) is 50.9. The van der Waals surface area contributed by atoms with Crippen LogP contribution in [0, 0.1) is 0 Å². The third kappa shape index (κ3) is 6.28. The van der Waals surface area contributed by atoms with Gasteiger partial charge in [0, 0.05) is 36.9 Å². The van der Waals surface area contributed by atoms with E-state index in [1.54, 1.807) is 11.5 Å². The molecule has 2 aromatic heterocycles. The first kappa shape index (κ1) is 28.0. The number of ether oxygens (including phenoxy) is 1. The Kier molecular flexibility index (Phi) is 8.39. The normalized spacial score (nSPS) is 13.9. The highest BCUT2D eigenvalue weighted by atomic mass is 16.5. The van der Waals surface area contributed by atoms with E-state index in [4.69, 9.17) is 4.74 Å². The lowest BCUT2D eigenvalue weighted by molar-refractivity contribution is -0.132. The molecule has 0 atom stereocenters. The fourth-order valence-electron chi connectivity index (χ4n) is 5.11. The third-order valence-electron chi connectivity index (χ3n) is 7.21. The molecule has 0 unspecified atom stereocenters. The monoisotopic (exact) mass is 554 g/mol. The summed E-state index contributed by atoms with van der Waals surface area (Å²) in [5.74, 6) is 0.222. The molecule has 1 aliphatic rings. The molecule has 0 spiro atoms. The first-order valence-corrected chi connectivity index (χ1v) is 13.8. The van der Waals surface area contributed by atoms with E-state index in [0.29, 0.717) is 24.1 Å². The Morgan fingerprint density at radius 3 is 2.41 bits per heavy atom. The maximum Gasteiger partial charge on any atom is 0.343 e. The molecule has 4 aromatic rings. The van der Waals surface area contributed by atoms with Crippen LogP contribution in [0.5, 0.6) is 0 Å². The minimum absolute atomic E-state index is 0.0731. The predicted octanol–water partition coefficient (Wildman–Crippen LogP) is 3.97. The fraction of sp³-hybridized carbons (Fsp3) is 0.323. The van der Waals surface area contributed by atoms with E-state index in [9.17, 15) is 14.4 Å². The van der Waals surface area contributed by atoms with Crippen molar-refractivity contribution in [3.63, 3.8) is 0 Å². The van der Waals surface area contributed by atoms with Crippen molar-refractivity contribution in [2.75, 3.05) is 45.7 Å². The van der Waals surface area contributed by atoms with Crippen molar-refractivity contribution in [1.82, 2.24) is 24.3 Å². The van der Waals surface area contributed by atoms with E-state index >= 15 is 0 Å². The van der Waals surface area contributed by atoms with Gasteiger partial charge in [0.05, 0.1) is 18.5 Å². The number of hydrogen-bond donors (Lipinski definition) is 1. The van der Waals surface area contributed by atoms with Crippen molar-refractivity contribution in [3.05, 3.63) is 88.3 Å². The quantitative estimate of drug-likeness (QED) is 0.326. The summed E-state index contributed by atoms with van der Waals surface area (Å²) in [6.45, 7) is 3.83. The molecule has 1 saturated heterocycles. The number of benzene rings is 2. The minimum Gasteiger partial charge on any atom is -0.462 e. The third-order valence-corrected chi connectivity index (χ3v) is 7.21. The van der Waals surface area contributed by atoms with Gasteiger partial charge >= 0.3 is 5.97 Å². The van der Waals surface area contributed by atoms with Crippen molar-refractivity contribution in [2.24, 2.45) is 0 Å². The number of esters is 1. The number of pyridine rings is 1. The molecule has 1 N–H and O–H groups in total. The van der Waals surface area contributed by atoms with E-state index in [0.717, 1.165) is 37.3 Å². The van der Waals surface area contributed by atoms with Gasteiger partial charge in [-0.3, -0.25) is 9.59 Å². The number of carbonyl (C=O) groups is 2.